The van der Waals surface area contributed by atoms with Crippen LogP contribution in [0.2, 0.25) is 0 Å². The van der Waals surface area contributed by atoms with Gasteiger partial charge in [0, 0.05) is 24.6 Å². The van der Waals surface area contributed by atoms with Gasteiger partial charge in [-0.1, -0.05) is 0 Å². The van der Waals surface area contributed by atoms with Gasteiger partial charge in [0.1, 0.15) is 17.5 Å². The summed E-state index contributed by atoms with van der Waals surface area (Å²) in [5, 5.41) is 2.07. The lowest BCUT2D eigenvalue weighted by Crippen LogP contribution is -2.47. The maximum atomic E-state index is 13.9. The molecule has 3 rings (SSSR count). The van der Waals surface area contributed by atoms with Gasteiger partial charge >= 0.3 is 6.09 Å². The first-order valence-electron chi connectivity index (χ1n) is 8.83. The molecule has 1 heterocycles. The van der Waals surface area contributed by atoms with Gasteiger partial charge in [0.2, 0.25) is 5.91 Å². The van der Waals surface area contributed by atoms with Crippen LogP contribution in [-0.2, 0) is 16.0 Å². The molecule has 30 heavy (non-hydrogen) atoms. The first kappa shape index (κ1) is 21.5. The number of amides is 2. The lowest BCUT2D eigenvalue weighted by atomic mass is 10.1. The molecule has 0 radical (unpaired) electrons. The number of nitrogens with zero attached hydrogens (tertiary/aromatic N) is 1. The van der Waals surface area contributed by atoms with Crippen molar-refractivity contribution in [3.63, 3.8) is 0 Å². The topological polar surface area (TPSA) is 58.6 Å². The average Bonchev–Trinajstić information content (AvgIpc) is 2.97. The Kier molecular flexibility index (Phi) is 5.44. The van der Waals surface area contributed by atoms with Crippen LogP contribution in [0.15, 0.2) is 24.3 Å². The van der Waals surface area contributed by atoms with Gasteiger partial charge in [-0.3, -0.25) is 9.69 Å². The summed E-state index contributed by atoms with van der Waals surface area (Å²) in [6.45, 7) is 4.70. The van der Waals surface area contributed by atoms with Crippen molar-refractivity contribution in [2.24, 2.45) is 0 Å². The van der Waals surface area contributed by atoms with E-state index in [4.69, 9.17) is 4.74 Å². The van der Waals surface area contributed by atoms with E-state index in [9.17, 15) is 31.5 Å². The Bertz CT molecular complexity index is 1040. The molecule has 1 aliphatic rings. The van der Waals surface area contributed by atoms with Gasteiger partial charge in [0.05, 0.1) is 11.4 Å². The molecule has 0 aliphatic carbocycles. The molecule has 0 fully saturated rings. The zero-order chi connectivity index (χ0) is 22.4. The van der Waals surface area contributed by atoms with Gasteiger partial charge in [0.25, 0.3) is 0 Å². The zero-order valence-electron chi connectivity index (χ0n) is 16.2. The molecule has 160 valence electrons. The van der Waals surface area contributed by atoms with Crippen molar-refractivity contribution in [3.8, 4) is 0 Å². The molecule has 1 N–H and O–H groups in total. The molecule has 0 saturated heterocycles. The maximum absolute atomic E-state index is 13.9. The van der Waals surface area contributed by atoms with Crippen molar-refractivity contribution in [2.45, 2.75) is 38.8 Å². The molecule has 2 aromatic rings. The smallest absolute Gasteiger partial charge is 0.415 e. The zero-order valence-corrected chi connectivity index (χ0v) is 16.2. The van der Waals surface area contributed by atoms with Gasteiger partial charge in [-0.25, -0.2) is 26.7 Å². The molecular formula is C20H17F5N2O3. The number of ether oxygens (including phenoxy) is 1. The van der Waals surface area contributed by atoms with Crippen LogP contribution in [0.1, 0.15) is 26.3 Å². The second kappa shape index (κ2) is 7.58. The van der Waals surface area contributed by atoms with Crippen LogP contribution in [0, 0.1) is 29.1 Å². The van der Waals surface area contributed by atoms with Crippen LogP contribution in [0.4, 0.5) is 38.1 Å². The minimum absolute atomic E-state index is 0.0888. The van der Waals surface area contributed by atoms with E-state index in [0.29, 0.717) is 6.07 Å². The van der Waals surface area contributed by atoms with Crippen LogP contribution >= 0.6 is 0 Å². The van der Waals surface area contributed by atoms with Gasteiger partial charge in [-0.05, 0) is 32.4 Å². The Morgan fingerprint density at radius 2 is 1.50 bits per heavy atom. The molecule has 0 aromatic heterocycles. The minimum Gasteiger partial charge on any atom is -0.443 e. The largest absolute Gasteiger partial charge is 0.443 e. The average molecular weight is 428 g/mol. The molecule has 2 aromatic carbocycles. The summed E-state index contributed by atoms with van der Waals surface area (Å²) in [6.07, 6.45) is -1.25. The quantitative estimate of drug-likeness (QED) is 0.558. The van der Waals surface area contributed by atoms with Crippen molar-refractivity contribution in [1.82, 2.24) is 0 Å². The summed E-state index contributed by atoms with van der Waals surface area (Å²) in [4.78, 5) is 26.2. The third kappa shape index (κ3) is 4.22. The van der Waals surface area contributed by atoms with Crippen LogP contribution in [-0.4, -0.2) is 23.6 Å². The molecule has 1 unspecified atom stereocenters. The number of hydrogen-bond acceptors (Lipinski definition) is 3. The Balaban J connectivity index is 1.96. The van der Waals surface area contributed by atoms with Gasteiger partial charge in [0.15, 0.2) is 23.3 Å². The van der Waals surface area contributed by atoms with E-state index in [1.165, 1.54) is 0 Å². The predicted molar refractivity (Wildman–Crippen MR) is 97.5 cm³/mol. The summed E-state index contributed by atoms with van der Waals surface area (Å²) >= 11 is 0. The highest BCUT2D eigenvalue weighted by Gasteiger charge is 2.41. The third-order valence-electron chi connectivity index (χ3n) is 4.27. The van der Waals surface area contributed by atoms with Gasteiger partial charge < -0.3 is 10.1 Å². The van der Waals surface area contributed by atoms with E-state index >= 15 is 0 Å². The maximum Gasteiger partial charge on any atom is 0.415 e. The highest BCUT2D eigenvalue weighted by molar-refractivity contribution is 6.05. The molecule has 5 nitrogen and oxygen atoms in total. The van der Waals surface area contributed by atoms with Crippen molar-refractivity contribution >= 4 is 23.4 Å². The van der Waals surface area contributed by atoms with Gasteiger partial charge in [-0.15, -0.1) is 0 Å². The normalized spacial score (nSPS) is 15.7. The third-order valence-corrected chi connectivity index (χ3v) is 4.27. The number of hydrogen-bond donors (Lipinski definition) is 1. The number of benzene rings is 2. The number of nitrogens with one attached hydrogen (secondary N) is 1. The minimum atomic E-state index is -1.44. The van der Waals surface area contributed by atoms with Crippen LogP contribution in [0.5, 0.6) is 0 Å². The number of anilines is 2. The van der Waals surface area contributed by atoms with E-state index in [1.807, 2.05) is 0 Å². The van der Waals surface area contributed by atoms with E-state index in [0.717, 1.165) is 17.0 Å². The Morgan fingerprint density at radius 3 is 2.13 bits per heavy atom. The second-order valence-corrected chi connectivity index (χ2v) is 7.70. The van der Waals surface area contributed by atoms with E-state index < -0.39 is 58.4 Å². The van der Waals surface area contributed by atoms with E-state index in [1.54, 1.807) is 20.8 Å². The number of rotatable bonds is 2. The summed E-state index contributed by atoms with van der Waals surface area (Å²) in [7, 11) is 0. The van der Waals surface area contributed by atoms with Crippen molar-refractivity contribution in [3.05, 3.63) is 58.9 Å². The summed E-state index contributed by atoms with van der Waals surface area (Å²) in [6, 6.07) is 0.920. The monoisotopic (exact) mass is 428 g/mol. The fraction of sp³-hybridized carbons (Fsp3) is 0.300. The Morgan fingerprint density at radius 1 is 0.933 bits per heavy atom. The van der Waals surface area contributed by atoms with Crippen LogP contribution < -0.4 is 10.2 Å². The predicted octanol–water partition coefficient (Wildman–Crippen LogP) is 4.69. The molecule has 10 heteroatoms. The summed E-state index contributed by atoms with van der Waals surface area (Å²) in [5.41, 5.74) is -1.57. The van der Waals surface area contributed by atoms with Crippen LogP contribution in [0.3, 0.4) is 0 Å². The van der Waals surface area contributed by atoms with Crippen molar-refractivity contribution in [1.29, 1.82) is 0 Å². The molecule has 0 saturated carbocycles. The molecule has 1 atom stereocenters. The van der Waals surface area contributed by atoms with Crippen molar-refractivity contribution in [2.75, 3.05) is 10.2 Å². The first-order valence-corrected chi connectivity index (χ1v) is 8.83. The molecule has 2 amide bonds. The van der Waals surface area contributed by atoms with Crippen LogP contribution in [0.25, 0.3) is 0 Å². The summed E-state index contributed by atoms with van der Waals surface area (Å²) in [5.74, 6) is -7.48. The fourth-order valence-electron chi connectivity index (χ4n) is 3.01. The number of carbonyl (C=O) groups excluding carboxylic acids is 2. The Hall–Kier alpha value is -3.17. The standard InChI is InChI=1S/C20H17F5N2O3/c1-20(2,3)30-19(29)27-16-8-13(24)10(21)4-9(16)5-17(27)18(28)26-15-7-12(23)11(22)6-14(15)25/h4,6-8,17H,5H2,1-3H3,(H,26,28). The van der Waals surface area contributed by atoms with Gasteiger partial charge in [-0.2, -0.15) is 0 Å². The number of fused-ring (bicyclic) bond motifs is 1. The molecule has 0 spiro atoms. The molecular weight excluding hydrogens is 411 g/mol. The number of carbonyl (C=O) groups is 2. The Labute approximate surface area is 168 Å². The molecule has 0 bridgehead atoms. The van der Waals surface area contributed by atoms with E-state index in [2.05, 4.69) is 5.32 Å². The van der Waals surface area contributed by atoms with E-state index in [-0.39, 0.29) is 23.7 Å². The SMILES string of the molecule is CC(C)(C)OC(=O)N1c2cc(F)c(F)cc2CC1C(=O)Nc1cc(F)c(F)cc1F. The second-order valence-electron chi connectivity index (χ2n) is 7.70. The van der Waals surface area contributed by atoms with Crippen molar-refractivity contribution < 1.29 is 36.3 Å². The number of halogens is 5. The fourth-order valence-corrected chi connectivity index (χ4v) is 3.01. The molecule has 1 aliphatic heterocycles. The highest BCUT2D eigenvalue weighted by Crippen LogP contribution is 2.36. The first-order chi connectivity index (χ1) is 13.9. The lowest BCUT2D eigenvalue weighted by Gasteiger charge is -2.28. The summed E-state index contributed by atoms with van der Waals surface area (Å²) < 4.78 is 73.1. The lowest BCUT2D eigenvalue weighted by molar-refractivity contribution is -0.117. The highest BCUT2D eigenvalue weighted by atomic mass is 19.2.